The molecular formula is C14H15N5OS. The lowest BCUT2D eigenvalue weighted by Crippen LogP contribution is -2.03. The molecule has 0 fully saturated rings. The summed E-state index contributed by atoms with van der Waals surface area (Å²) in [6.07, 6.45) is 1.52. The fourth-order valence-corrected chi connectivity index (χ4v) is 2.84. The molecule has 0 saturated carbocycles. The van der Waals surface area contributed by atoms with Gasteiger partial charge in [-0.1, -0.05) is 12.1 Å². The van der Waals surface area contributed by atoms with Crippen molar-refractivity contribution in [3.63, 3.8) is 0 Å². The highest BCUT2D eigenvalue weighted by molar-refractivity contribution is 7.99. The summed E-state index contributed by atoms with van der Waals surface area (Å²) in [6.45, 7) is 2.77. The van der Waals surface area contributed by atoms with Crippen LogP contribution in [0.25, 0.3) is 11.0 Å². The molecule has 0 radical (unpaired) electrons. The molecule has 3 aromatic rings. The lowest BCUT2D eigenvalue weighted by Gasteiger charge is -2.10. The number of anilines is 1. The van der Waals surface area contributed by atoms with Crippen LogP contribution in [0.2, 0.25) is 0 Å². The van der Waals surface area contributed by atoms with E-state index in [0.29, 0.717) is 11.6 Å². The van der Waals surface area contributed by atoms with Crippen molar-refractivity contribution in [2.75, 3.05) is 19.0 Å². The Labute approximate surface area is 126 Å². The molecule has 0 aliphatic heterocycles. The van der Waals surface area contributed by atoms with Crippen molar-refractivity contribution in [1.82, 2.24) is 19.9 Å². The van der Waals surface area contributed by atoms with E-state index in [-0.39, 0.29) is 0 Å². The first-order valence-electron chi connectivity index (χ1n) is 6.57. The molecule has 0 aliphatic carbocycles. The third-order valence-electron chi connectivity index (χ3n) is 2.88. The summed E-state index contributed by atoms with van der Waals surface area (Å²) in [5.74, 6) is 1.32. The van der Waals surface area contributed by atoms with E-state index in [2.05, 4.69) is 25.3 Å². The molecule has 108 valence electrons. The first-order chi connectivity index (χ1) is 10.3. The van der Waals surface area contributed by atoms with Gasteiger partial charge >= 0.3 is 0 Å². The van der Waals surface area contributed by atoms with Gasteiger partial charge in [-0.3, -0.25) is 0 Å². The largest absolute Gasteiger partial charge is 0.490 e. The molecular weight excluding hydrogens is 286 g/mol. The maximum Gasteiger partial charge on any atom is 0.194 e. The molecule has 0 unspecified atom stereocenters. The normalized spacial score (nSPS) is 10.8. The maximum absolute atomic E-state index is 5.43. The number of aromatic nitrogens is 4. The average Bonchev–Trinajstić information content (AvgIpc) is 2.90. The summed E-state index contributed by atoms with van der Waals surface area (Å²) in [7, 11) is 1.61. The Morgan fingerprint density at radius 3 is 2.90 bits per heavy atom. The van der Waals surface area contributed by atoms with Crippen molar-refractivity contribution < 1.29 is 4.74 Å². The molecule has 7 heteroatoms. The third kappa shape index (κ3) is 2.78. The van der Waals surface area contributed by atoms with E-state index in [1.54, 1.807) is 7.11 Å². The van der Waals surface area contributed by atoms with Crippen molar-refractivity contribution in [3.8, 4) is 5.75 Å². The zero-order valence-electron chi connectivity index (χ0n) is 11.8. The van der Waals surface area contributed by atoms with Crippen LogP contribution in [0.1, 0.15) is 6.92 Å². The van der Waals surface area contributed by atoms with E-state index < -0.39 is 0 Å². The van der Waals surface area contributed by atoms with Crippen molar-refractivity contribution in [2.45, 2.75) is 17.1 Å². The first kappa shape index (κ1) is 13.7. The Kier molecular flexibility index (Phi) is 3.92. The van der Waals surface area contributed by atoms with E-state index >= 15 is 0 Å². The number of fused-ring (bicyclic) bond motifs is 1. The number of rotatable bonds is 5. The van der Waals surface area contributed by atoms with Gasteiger partial charge in [-0.2, -0.15) is 0 Å². The Bertz CT molecular complexity index is 725. The van der Waals surface area contributed by atoms with Gasteiger partial charge in [0.1, 0.15) is 6.33 Å². The molecule has 0 amide bonds. The number of methoxy groups -OCH3 is 1. The van der Waals surface area contributed by atoms with Crippen LogP contribution in [0, 0.1) is 0 Å². The molecule has 0 saturated heterocycles. The topological polar surface area (TPSA) is 75.7 Å². The number of nitrogens with zero attached hydrogens (tertiary/aromatic N) is 3. The van der Waals surface area contributed by atoms with Gasteiger partial charge in [-0.25, -0.2) is 15.0 Å². The van der Waals surface area contributed by atoms with Gasteiger partial charge in [-0.05, 0) is 30.8 Å². The highest BCUT2D eigenvalue weighted by Gasteiger charge is 2.14. The number of ether oxygens (including phenoxy) is 1. The van der Waals surface area contributed by atoms with E-state index in [9.17, 15) is 0 Å². The van der Waals surface area contributed by atoms with Gasteiger partial charge in [0.25, 0.3) is 0 Å². The van der Waals surface area contributed by atoms with Crippen molar-refractivity contribution in [2.24, 2.45) is 0 Å². The van der Waals surface area contributed by atoms with Crippen LogP contribution >= 0.6 is 11.8 Å². The van der Waals surface area contributed by atoms with Gasteiger partial charge in [0.05, 0.1) is 18.1 Å². The second-order valence-corrected chi connectivity index (χ2v) is 5.23. The lowest BCUT2D eigenvalue weighted by molar-refractivity contribution is 0.400. The van der Waals surface area contributed by atoms with E-state index in [4.69, 9.17) is 4.74 Å². The van der Waals surface area contributed by atoms with Crippen LogP contribution in [0.3, 0.4) is 0 Å². The summed E-state index contributed by atoms with van der Waals surface area (Å²) in [5, 5.41) is 4.66. The number of hydrogen-bond acceptors (Lipinski definition) is 6. The Hall–Kier alpha value is -2.28. The van der Waals surface area contributed by atoms with Gasteiger partial charge in [0.15, 0.2) is 21.7 Å². The number of H-pyrrole nitrogens is 1. The predicted octanol–water partition coefficient (Wildman–Crippen LogP) is 2.94. The number of para-hydroxylation sites is 2. The minimum absolute atomic E-state index is 0.629. The lowest BCUT2D eigenvalue weighted by atomic mass is 10.3. The monoisotopic (exact) mass is 301 g/mol. The Morgan fingerprint density at radius 2 is 2.14 bits per heavy atom. The second kappa shape index (κ2) is 6.01. The minimum atomic E-state index is 0.629. The van der Waals surface area contributed by atoms with Gasteiger partial charge in [0, 0.05) is 6.54 Å². The zero-order valence-corrected chi connectivity index (χ0v) is 12.6. The van der Waals surface area contributed by atoms with E-state index in [0.717, 1.165) is 27.8 Å². The summed E-state index contributed by atoms with van der Waals surface area (Å²) in [5.41, 5.74) is 1.93. The predicted molar refractivity (Wildman–Crippen MR) is 83.0 cm³/mol. The molecule has 2 aromatic heterocycles. The fraction of sp³-hybridized carbons (Fsp3) is 0.214. The Morgan fingerprint density at radius 1 is 1.29 bits per heavy atom. The highest BCUT2D eigenvalue weighted by Crippen LogP contribution is 2.35. The number of hydrogen-bond donors (Lipinski definition) is 2. The third-order valence-corrected chi connectivity index (χ3v) is 3.75. The SMILES string of the molecule is CCNc1ncnc(Sc2nc3ccccc3[nH]2)c1OC. The van der Waals surface area contributed by atoms with Gasteiger partial charge in [-0.15, -0.1) is 0 Å². The zero-order chi connectivity index (χ0) is 14.7. The number of aromatic amines is 1. The second-order valence-electron chi connectivity index (χ2n) is 4.25. The number of imidazole rings is 1. The Balaban J connectivity index is 1.95. The molecule has 0 aliphatic rings. The van der Waals surface area contributed by atoms with E-state index in [1.165, 1.54) is 18.1 Å². The average molecular weight is 301 g/mol. The molecule has 2 heterocycles. The molecule has 0 spiro atoms. The van der Waals surface area contributed by atoms with Gasteiger partial charge in [0.2, 0.25) is 0 Å². The molecule has 3 rings (SSSR count). The van der Waals surface area contributed by atoms with Crippen LogP contribution in [0.15, 0.2) is 40.8 Å². The fourth-order valence-electron chi connectivity index (χ4n) is 1.98. The van der Waals surface area contributed by atoms with Crippen molar-refractivity contribution in [3.05, 3.63) is 30.6 Å². The van der Waals surface area contributed by atoms with Crippen LogP contribution in [-0.4, -0.2) is 33.6 Å². The molecule has 0 bridgehead atoms. The molecule has 0 atom stereocenters. The van der Waals surface area contributed by atoms with Crippen molar-refractivity contribution in [1.29, 1.82) is 0 Å². The van der Waals surface area contributed by atoms with Crippen LogP contribution in [0.5, 0.6) is 5.75 Å². The molecule has 2 N–H and O–H groups in total. The van der Waals surface area contributed by atoms with Gasteiger partial charge < -0.3 is 15.0 Å². The summed E-state index contributed by atoms with van der Waals surface area (Å²) < 4.78 is 5.43. The highest BCUT2D eigenvalue weighted by atomic mass is 32.2. The van der Waals surface area contributed by atoms with E-state index in [1.807, 2.05) is 31.2 Å². The summed E-state index contributed by atoms with van der Waals surface area (Å²) in [6, 6.07) is 7.90. The smallest absolute Gasteiger partial charge is 0.194 e. The van der Waals surface area contributed by atoms with Crippen LogP contribution in [-0.2, 0) is 0 Å². The number of benzene rings is 1. The minimum Gasteiger partial charge on any atom is -0.490 e. The summed E-state index contributed by atoms with van der Waals surface area (Å²) >= 11 is 1.42. The maximum atomic E-state index is 5.43. The quantitative estimate of drug-likeness (QED) is 0.706. The summed E-state index contributed by atoms with van der Waals surface area (Å²) in [4.78, 5) is 16.3. The standard InChI is InChI=1S/C14H15N5OS/c1-3-15-12-11(20-2)13(17-8-16-12)21-14-18-9-6-4-5-7-10(9)19-14/h4-8H,3H2,1-2H3,(H,18,19)(H,15,16,17). The number of nitrogens with one attached hydrogen (secondary N) is 2. The first-order valence-corrected chi connectivity index (χ1v) is 7.39. The molecule has 6 nitrogen and oxygen atoms in total. The molecule has 21 heavy (non-hydrogen) atoms. The van der Waals surface area contributed by atoms with Crippen molar-refractivity contribution >= 4 is 28.6 Å². The molecule has 1 aromatic carbocycles. The van der Waals surface area contributed by atoms with Crippen LogP contribution < -0.4 is 10.1 Å². The van der Waals surface area contributed by atoms with Crippen LogP contribution in [0.4, 0.5) is 5.82 Å².